The minimum atomic E-state index is -0.460. The smallest absolute Gasteiger partial charge is 0.273 e. The third-order valence-electron chi connectivity index (χ3n) is 3.18. The van der Waals surface area contributed by atoms with E-state index < -0.39 is 10.8 Å². The first kappa shape index (κ1) is 17.4. The zero-order valence-electron chi connectivity index (χ0n) is 12.8. The molecule has 1 aromatic carbocycles. The Hall–Kier alpha value is -2.68. The fourth-order valence-corrected chi connectivity index (χ4v) is 1.93. The molecule has 0 saturated heterocycles. The summed E-state index contributed by atoms with van der Waals surface area (Å²) < 4.78 is 0. The van der Waals surface area contributed by atoms with Gasteiger partial charge >= 0.3 is 0 Å². The molecule has 0 atom stereocenters. The molecule has 116 valence electrons. The Morgan fingerprint density at radius 3 is 2.73 bits per heavy atom. The van der Waals surface area contributed by atoms with E-state index in [1.54, 1.807) is 12.1 Å². The van der Waals surface area contributed by atoms with Gasteiger partial charge in [0.15, 0.2) is 0 Å². The average molecular weight is 301 g/mol. The number of carbonyl (C=O) groups is 1. The second-order valence-electron chi connectivity index (χ2n) is 4.78. The SMILES string of the molecule is CCCCNC(=O)/C(C#N)=C/c1ccc(CC)c([N+](=O)[O-])c1. The van der Waals surface area contributed by atoms with Crippen molar-refractivity contribution in [2.75, 3.05) is 6.54 Å². The van der Waals surface area contributed by atoms with Crippen molar-refractivity contribution in [1.29, 1.82) is 5.26 Å². The Bertz CT molecular complexity index is 630. The summed E-state index contributed by atoms with van der Waals surface area (Å²) in [7, 11) is 0. The van der Waals surface area contributed by atoms with Gasteiger partial charge in [-0.3, -0.25) is 14.9 Å². The average Bonchev–Trinajstić information content (AvgIpc) is 2.52. The van der Waals surface area contributed by atoms with Crippen molar-refractivity contribution >= 4 is 17.7 Å². The van der Waals surface area contributed by atoms with Crippen molar-refractivity contribution in [2.45, 2.75) is 33.1 Å². The molecule has 0 saturated carbocycles. The lowest BCUT2D eigenvalue weighted by Crippen LogP contribution is -2.25. The molecular weight excluding hydrogens is 282 g/mol. The summed E-state index contributed by atoms with van der Waals surface area (Å²) in [6, 6.07) is 6.53. The van der Waals surface area contributed by atoms with Gasteiger partial charge in [-0.15, -0.1) is 0 Å². The zero-order valence-corrected chi connectivity index (χ0v) is 12.8. The van der Waals surface area contributed by atoms with Gasteiger partial charge in [0.2, 0.25) is 0 Å². The first-order chi connectivity index (χ1) is 10.5. The van der Waals surface area contributed by atoms with Crippen molar-refractivity contribution < 1.29 is 9.72 Å². The maximum absolute atomic E-state index is 11.9. The Labute approximate surface area is 129 Å². The highest BCUT2D eigenvalue weighted by Crippen LogP contribution is 2.22. The quantitative estimate of drug-likeness (QED) is 0.275. The predicted octanol–water partition coefficient (Wildman–Crippen LogP) is 2.98. The van der Waals surface area contributed by atoms with E-state index in [1.165, 1.54) is 12.1 Å². The summed E-state index contributed by atoms with van der Waals surface area (Å²) in [6.07, 6.45) is 3.69. The number of carbonyl (C=O) groups excluding carboxylic acids is 1. The van der Waals surface area contributed by atoms with Crippen molar-refractivity contribution in [3.05, 3.63) is 45.0 Å². The number of hydrogen-bond acceptors (Lipinski definition) is 4. The number of nitriles is 1. The van der Waals surface area contributed by atoms with Gasteiger partial charge in [-0.2, -0.15) is 5.26 Å². The number of nitro groups is 1. The molecule has 1 rings (SSSR count). The molecule has 0 aliphatic heterocycles. The monoisotopic (exact) mass is 301 g/mol. The summed E-state index contributed by atoms with van der Waals surface area (Å²) in [6.45, 7) is 4.34. The molecule has 0 aliphatic carbocycles. The Morgan fingerprint density at radius 1 is 1.45 bits per heavy atom. The molecule has 0 spiro atoms. The number of hydrogen-bond donors (Lipinski definition) is 1. The van der Waals surface area contributed by atoms with Crippen LogP contribution in [0.1, 0.15) is 37.8 Å². The van der Waals surface area contributed by atoms with Crippen LogP contribution in [-0.4, -0.2) is 17.4 Å². The van der Waals surface area contributed by atoms with E-state index in [-0.39, 0.29) is 11.3 Å². The first-order valence-corrected chi connectivity index (χ1v) is 7.20. The molecule has 22 heavy (non-hydrogen) atoms. The highest BCUT2D eigenvalue weighted by Gasteiger charge is 2.14. The topological polar surface area (TPSA) is 96.0 Å². The molecule has 0 heterocycles. The predicted molar refractivity (Wildman–Crippen MR) is 84.0 cm³/mol. The van der Waals surface area contributed by atoms with Crippen LogP contribution in [0.4, 0.5) is 5.69 Å². The lowest BCUT2D eigenvalue weighted by atomic mass is 10.0. The Kier molecular flexibility index (Phi) is 6.77. The molecule has 6 nitrogen and oxygen atoms in total. The molecule has 0 fully saturated rings. The van der Waals surface area contributed by atoms with Gasteiger partial charge in [0.1, 0.15) is 11.6 Å². The third kappa shape index (κ3) is 4.70. The van der Waals surface area contributed by atoms with Crippen molar-refractivity contribution in [1.82, 2.24) is 5.32 Å². The normalized spacial score (nSPS) is 10.9. The minimum Gasteiger partial charge on any atom is -0.351 e. The van der Waals surface area contributed by atoms with Crippen LogP contribution >= 0.6 is 0 Å². The zero-order chi connectivity index (χ0) is 16.5. The molecule has 0 unspecified atom stereocenters. The Balaban J connectivity index is 3.03. The fraction of sp³-hybridized carbons (Fsp3) is 0.375. The van der Waals surface area contributed by atoms with Crippen molar-refractivity contribution in [3.63, 3.8) is 0 Å². The van der Waals surface area contributed by atoms with E-state index in [0.29, 0.717) is 24.1 Å². The van der Waals surface area contributed by atoms with E-state index in [0.717, 1.165) is 12.8 Å². The second kappa shape index (κ2) is 8.57. The highest BCUT2D eigenvalue weighted by molar-refractivity contribution is 6.01. The van der Waals surface area contributed by atoms with Crippen LogP contribution in [0.3, 0.4) is 0 Å². The first-order valence-electron chi connectivity index (χ1n) is 7.20. The van der Waals surface area contributed by atoms with Gasteiger partial charge in [0.25, 0.3) is 11.6 Å². The number of nitro benzene ring substituents is 1. The number of benzene rings is 1. The van der Waals surface area contributed by atoms with E-state index in [1.807, 2.05) is 19.9 Å². The molecule has 0 aromatic heterocycles. The van der Waals surface area contributed by atoms with E-state index >= 15 is 0 Å². The van der Waals surface area contributed by atoms with Gasteiger partial charge in [0.05, 0.1) is 4.92 Å². The number of amides is 1. The summed E-state index contributed by atoms with van der Waals surface area (Å²) in [5.74, 6) is -0.460. The highest BCUT2D eigenvalue weighted by atomic mass is 16.6. The summed E-state index contributed by atoms with van der Waals surface area (Å²) in [5.41, 5.74) is 1.02. The molecular formula is C16H19N3O3. The van der Waals surface area contributed by atoms with Crippen LogP contribution < -0.4 is 5.32 Å². The molecule has 1 N–H and O–H groups in total. The van der Waals surface area contributed by atoms with Crippen LogP contribution in [0.25, 0.3) is 6.08 Å². The summed E-state index contributed by atoms with van der Waals surface area (Å²) in [5, 5.41) is 22.8. The number of unbranched alkanes of at least 4 members (excludes halogenated alkanes) is 1. The van der Waals surface area contributed by atoms with E-state index in [4.69, 9.17) is 5.26 Å². The van der Waals surface area contributed by atoms with Crippen molar-refractivity contribution in [2.24, 2.45) is 0 Å². The summed E-state index contributed by atoms with van der Waals surface area (Å²) in [4.78, 5) is 22.4. The van der Waals surface area contributed by atoms with Gasteiger partial charge in [-0.05, 0) is 24.5 Å². The van der Waals surface area contributed by atoms with Gasteiger partial charge in [0, 0.05) is 18.2 Å². The number of rotatable bonds is 7. The van der Waals surface area contributed by atoms with Gasteiger partial charge in [-0.25, -0.2) is 0 Å². The van der Waals surface area contributed by atoms with Crippen LogP contribution in [0.5, 0.6) is 0 Å². The fourth-order valence-electron chi connectivity index (χ4n) is 1.93. The second-order valence-corrected chi connectivity index (χ2v) is 4.78. The van der Waals surface area contributed by atoms with Crippen molar-refractivity contribution in [3.8, 4) is 6.07 Å². The van der Waals surface area contributed by atoms with Crippen LogP contribution in [0.15, 0.2) is 23.8 Å². The maximum Gasteiger partial charge on any atom is 0.273 e. The molecule has 0 radical (unpaired) electrons. The minimum absolute atomic E-state index is 0.0000639. The number of nitrogens with zero attached hydrogens (tertiary/aromatic N) is 2. The van der Waals surface area contributed by atoms with Gasteiger partial charge in [-0.1, -0.05) is 32.4 Å². The summed E-state index contributed by atoms with van der Waals surface area (Å²) >= 11 is 0. The lowest BCUT2D eigenvalue weighted by Gasteiger charge is -2.04. The molecule has 0 aliphatic rings. The molecule has 6 heteroatoms. The van der Waals surface area contributed by atoms with Crippen LogP contribution in [0, 0.1) is 21.4 Å². The number of nitrogens with one attached hydrogen (secondary N) is 1. The van der Waals surface area contributed by atoms with Crippen LogP contribution in [0.2, 0.25) is 0 Å². The molecule has 1 aromatic rings. The maximum atomic E-state index is 11.9. The number of aryl methyl sites for hydroxylation is 1. The van der Waals surface area contributed by atoms with E-state index in [9.17, 15) is 14.9 Å². The van der Waals surface area contributed by atoms with Crippen LogP contribution in [-0.2, 0) is 11.2 Å². The Morgan fingerprint density at radius 2 is 2.18 bits per heavy atom. The standard InChI is InChI=1S/C16H19N3O3/c1-3-5-8-18-16(20)14(11-17)9-12-6-7-13(4-2)15(10-12)19(21)22/h6-7,9-10H,3-5,8H2,1-2H3,(H,18,20)/b14-9+. The molecule has 0 bridgehead atoms. The largest absolute Gasteiger partial charge is 0.351 e. The third-order valence-corrected chi connectivity index (χ3v) is 3.18. The van der Waals surface area contributed by atoms with E-state index in [2.05, 4.69) is 5.32 Å². The van der Waals surface area contributed by atoms with Gasteiger partial charge < -0.3 is 5.32 Å². The lowest BCUT2D eigenvalue weighted by molar-refractivity contribution is -0.385. The molecule has 1 amide bonds.